The first-order valence-electron chi connectivity index (χ1n) is 4.70. The van der Waals surface area contributed by atoms with Crippen LogP contribution in [-0.2, 0) is 0 Å². The maximum absolute atomic E-state index is 5.98. The Morgan fingerprint density at radius 3 is 2.67 bits per heavy atom. The van der Waals surface area contributed by atoms with Gasteiger partial charge >= 0.3 is 0 Å². The molecule has 0 aliphatic heterocycles. The van der Waals surface area contributed by atoms with E-state index in [2.05, 4.69) is 15.2 Å². The fourth-order valence-electron chi connectivity index (χ4n) is 1.11. The zero-order valence-electron chi connectivity index (χ0n) is 9.16. The average molecular weight is 224 g/mol. The van der Waals surface area contributed by atoms with E-state index in [1.54, 1.807) is 13.3 Å². The van der Waals surface area contributed by atoms with Crippen LogP contribution in [0, 0.1) is 13.8 Å². The summed E-state index contributed by atoms with van der Waals surface area (Å²) in [7, 11) is 1.72. The van der Waals surface area contributed by atoms with E-state index in [1.165, 1.54) is 0 Å². The molecule has 1 aromatic carbocycles. The molecule has 0 bridgehead atoms. The number of rotatable bonds is 3. The number of hydrogen-bond donors (Lipinski definition) is 0. The quantitative estimate of drug-likeness (QED) is 0.553. The first kappa shape index (κ1) is 11.9. The number of benzene rings is 1. The van der Waals surface area contributed by atoms with E-state index < -0.39 is 0 Å². The van der Waals surface area contributed by atoms with E-state index in [1.807, 2.05) is 26.0 Å². The van der Waals surface area contributed by atoms with Gasteiger partial charge in [-0.05, 0) is 37.1 Å². The lowest BCUT2D eigenvalue weighted by Gasteiger charge is -2.02. The van der Waals surface area contributed by atoms with Gasteiger partial charge in [-0.3, -0.25) is 4.99 Å². The molecule has 0 spiro atoms. The van der Waals surface area contributed by atoms with E-state index in [0.717, 1.165) is 21.8 Å². The van der Waals surface area contributed by atoms with Gasteiger partial charge < -0.3 is 0 Å². The third kappa shape index (κ3) is 3.44. The number of hydrogen-bond acceptors (Lipinski definition) is 3. The predicted octanol–water partition coefficient (Wildman–Crippen LogP) is 3.74. The molecule has 0 unspecified atom stereocenters. The van der Waals surface area contributed by atoms with E-state index >= 15 is 0 Å². The van der Waals surface area contributed by atoms with Crippen molar-refractivity contribution in [2.24, 2.45) is 15.2 Å². The molecule has 0 aromatic heterocycles. The van der Waals surface area contributed by atoms with Gasteiger partial charge in [0.1, 0.15) is 0 Å². The van der Waals surface area contributed by atoms with Crippen molar-refractivity contribution in [3.8, 4) is 0 Å². The van der Waals surface area contributed by atoms with Crippen molar-refractivity contribution in [2.75, 3.05) is 13.6 Å². The Labute approximate surface area is 94.9 Å². The van der Waals surface area contributed by atoms with Crippen molar-refractivity contribution in [3.05, 3.63) is 28.3 Å². The summed E-state index contributed by atoms with van der Waals surface area (Å²) in [6.45, 7) is 4.43. The molecule has 0 N–H and O–H groups in total. The first-order chi connectivity index (χ1) is 7.15. The van der Waals surface area contributed by atoms with Gasteiger partial charge in [0.15, 0.2) is 0 Å². The molecular weight excluding hydrogens is 210 g/mol. The predicted molar refractivity (Wildman–Crippen MR) is 64.7 cm³/mol. The van der Waals surface area contributed by atoms with Gasteiger partial charge in [0, 0.05) is 18.3 Å². The molecule has 1 rings (SSSR count). The van der Waals surface area contributed by atoms with Crippen LogP contribution in [-0.4, -0.2) is 19.8 Å². The van der Waals surface area contributed by atoms with Crippen LogP contribution in [0.3, 0.4) is 0 Å². The van der Waals surface area contributed by atoms with Gasteiger partial charge in [-0.1, -0.05) is 11.6 Å². The molecule has 1 aromatic rings. The van der Waals surface area contributed by atoms with Crippen molar-refractivity contribution in [1.82, 2.24) is 0 Å². The van der Waals surface area contributed by atoms with E-state index in [-0.39, 0.29) is 0 Å². The molecule has 15 heavy (non-hydrogen) atoms. The summed E-state index contributed by atoms with van der Waals surface area (Å²) in [6.07, 6.45) is 1.71. The molecule has 0 fully saturated rings. The largest absolute Gasteiger partial charge is 0.299 e. The highest BCUT2D eigenvalue weighted by atomic mass is 35.5. The van der Waals surface area contributed by atoms with Crippen molar-refractivity contribution >= 4 is 23.5 Å². The number of aryl methyl sites for hydroxylation is 2. The Bertz CT molecular complexity index is 397. The summed E-state index contributed by atoms with van der Waals surface area (Å²) < 4.78 is 0. The maximum atomic E-state index is 5.98. The van der Waals surface area contributed by atoms with Gasteiger partial charge in [0.25, 0.3) is 0 Å². The molecule has 0 aliphatic rings. The van der Waals surface area contributed by atoms with Crippen LogP contribution < -0.4 is 0 Å². The molecule has 0 aliphatic carbocycles. The van der Waals surface area contributed by atoms with Crippen molar-refractivity contribution in [1.29, 1.82) is 0 Å². The monoisotopic (exact) mass is 223 g/mol. The van der Waals surface area contributed by atoms with Crippen LogP contribution in [0.5, 0.6) is 0 Å². The van der Waals surface area contributed by atoms with Crippen LogP contribution in [0.15, 0.2) is 27.4 Å². The van der Waals surface area contributed by atoms with Crippen molar-refractivity contribution in [3.63, 3.8) is 0 Å². The Morgan fingerprint density at radius 1 is 1.27 bits per heavy atom. The highest BCUT2D eigenvalue weighted by Gasteiger charge is 2.01. The highest BCUT2D eigenvalue weighted by Crippen LogP contribution is 2.26. The van der Waals surface area contributed by atoms with Crippen LogP contribution in [0.2, 0.25) is 5.02 Å². The first-order valence-corrected chi connectivity index (χ1v) is 5.08. The number of nitrogens with zero attached hydrogens (tertiary/aromatic N) is 3. The second-order valence-corrected chi connectivity index (χ2v) is 3.66. The number of azo groups is 1. The van der Waals surface area contributed by atoms with E-state index in [9.17, 15) is 0 Å². The topological polar surface area (TPSA) is 37.1 Å². The normalized spacial score (nSPS) is 11.7. The van der Waals surface area contributed by atoms with Gasteiger partial charge in [-0.15, -0.1) is 0 Å². The molecule has 0 radical (unpaired) electrons. The minimum atomic E-state index is 0.512. The molecular formula is C11H14ClN3. The van der Waals surface area contributed by atoms with Crippen molar-refractivity contribution < 1.29 is 0 Å². The zero-order valence-corrected chi connectivity index (χ0v) is 9.91. The average Bonchev–Trinajstić information content (AvgIpc) is 2.20. The third-order valence-corrected chi connectivity index (χ3v) is 2.41. The van der Waals surface area contributed by atoms with Gasteiger partial charge in [-0.25, -0.2) is 0 Å². The lowest BCUT2D eigenvalue weighted by Crippen LogP contribution is -1.81. The molecule has 4 heteroatoms. The van der Waals surface area contributed by atoms with Crippen LogP contribution >= 0.6 is 11.6 Å². The van der Waals surface area contributed by atoms with Gasteiger partial charge in [0.2, 0.25) is 0 Å². The van der Waals surface area contributed by atoms with Crippen LogP contribution in [0.25, 0.3) is 0 Å². The summed E-state index contributed by atoms with van der Waals surface area (Å²) in [6, 6.07) is 3.84. The second-order valence-electron chi connectivity index (χ2n) is 3.25. The minimum absolute atomic E-state index is 0.512. The lowest BCUT2D eigenvalue weighted by atomic mass is 10.1. The fraction of sp³-hybridized carbons (Fsp3) is 0.364. The summed E-state index contributed by atoms with van der Waals surface area (Å²) in [5.41, 5.74) is 2.91. The van der Waals surface area contributed by atoms with Crippen LogP contribution in [0.4, 0.5) is 5.69 Å². The molecule has 0 amide bonds. The Kier molecular flexibility index (Phi) is 4.43. The standard InChI is InChI=1S/C11H14ClN3/c1-8-7-11(9(2)6-10(8)12)15-14-5-4-13-3/h4,6-7H,5H2,1-3H3. The summed E-state index contributed by atoms with van der Waals surface area (Å²) in [5.74, 6) is 0. The maximum Gasteiger partial charge on any atom is 0.0951 e. The Morgan fingerprint density at radius 2 is 2.00 bits per heavy atom. The Hall–Kier alpha value is -1.22. The Balaban J connectivity index is 2.85. The fourth-order valence-corrected chi connectivity index (χ4v) is 1.33. The minimum Gasteiger partial charge on any atom is -0.299 e. The zero-order chi connectivity index (χ0) is 11.3. The molecule has 80 valence electrons. The lowest BCUT2D eigenvalue weighted by molar-refractivity contribution is 1.10. The second kappa shape index (κ2) is 5.61. The number of halogens is 1. The molecule has 0 saturated heterocycles. The van der Waals surface area contributed by atoms with E-state index in [0.29, 0.717) is 6.54 Å². The molecule has 3 nitrogen and oxygen atoms in total. The summed E-state index contributed by atoms with van der Waals surface area (Å²) >= 11 is 5.98. The number of aliphatic imine (C=N–C) groups is 1. The van der Waals surface area contributed by atoms with Gasteiger partial charge in [-0.2, -0.15) is 10.2 Å². The molecule has 0 atom stereocenters. The smallest absolute Gasteiger partial charge is 0.0951 e. The molecule has 0 heterocycles. The SMILES string of the molecule is CN=CCN=Nc1cc(C)c(Cl)cc1C. The van der Waals surface area contributed by atoms with E-state index in [4.69, 9.17) is 11.6 Å². The van der Waals surface area contributed by atoms with Gasteiger partial charge in [0.05, 0.1) is 12.2 Å². The summed E-state index contributed by atoms with van der Waals surface area (Å²) in [4.78, 5) is 3.82. The summed E-state index contributed by atoms with van der Waals surface area (Å²) in [5, 5.41) is 8.88. The third-order valence-electron chi connectivity index (χ3n) is 2.00. The highest BCUT2D eigenvalue weighted by molar-refractivity contribution is 6.31. The van der Waals surface area contributed by atoms with Crippen molar-refractivity contribution in [2.45, 2.75) is 13.8 Å². The molecule has 0 saturated carbocycles. The van der Waals surface area contributed by atoms with Crippen LogP contribution in [0.1, 0.15) is 11.1 Å².